The molecule has 3 heteroatoms. The van der Waals surface area contributed by atoms with Crippen LogP contribution in [0, 0.1) is 0 Å². The first kappa shape index (κ1) is 14.9. The second-order valence-electron chi connectivity index (χ2n) is 4.36. The van der Waals surface area contributed by atoms with Gasteiger partial charge in [0.25, 0.3) is 0 Å². The Morgan fingerprint density at radius 3 is 2.40 bits per heavy atom. The van der Waals surface area contributed by atoms with Crippen molar-refractivity contribution in [2.24, 2.45) is 5.73 Å². The fraction of sp³-hybridized carbons (Fsp3) is 1.00. The van der Waals surface area contributed by atoms with Crippen molar-refractivity contribution < 1.29 is 4.74 Å². The lowest BCUT2D eigenvalue weighted by Gasteiger charge is -2.34. The average molecular weight is 216 g/mol. The standard InChI is InChI=1S/C12H28N2O/c1-5-6-7-12(10-13)14(11(2)3)8-9-15-4/h11-12H,5-10,13H2,1-4H3. The zero-order chi connectivity index (χ0) is 11.7. The lowest BCUT2D eigenvalue weighted by atomic mass is 10.1. The maximum atomic E-state index is 5.84. The zero-order valence-corrected chi connectivity index (χ0v) is 10.8. The Hall–Kier alpha value is -0.120. The molecule has 0 fully saturated rings. The maximum Gasteiger partial charge on any atom is 0.0589 e. The Morgan fingerprint density at radius 1 is 1.33 bits per heavy atom. The normalized spacial score (nSPS) is 13.8. The van der Waals surface area contributed by atoms with Gasteiger partial charge in [-0.25, -0.2) is 0 Å². The smallest absolute Gasteiger partial charge is 0.0589 e. The summed E-state index contributed by atoms with van der Waals surface area (Å²) in [5, 5.41) is 0. The summed E-state index contributed by atoms with van der Waals surface area (Å²) in [6.45, 7) is 9.21. The molecule has 1 unspecified atom stereocenters. The summed E-state index contributed by atoms with van der Waals surface area (Å²) >= 11 is 0. The molecule has 0 saturated carbocycles. The number of hydrogen-bond donors (Lipinski definition) is 1. The van der Waals surface area contributed by atoms with Gasteiger partial charge >= 0.3 is 0 Å². The number of nitrogens with zero attached hydrogens (tertiary/aromatic N) is 1. The summed E-state index contributed by atoms with van der Waals surface area (Å²) < 4.78 is 5.14. The van der Waals surface area contributed by atoms with Crippen LogP contribution < -0.4 is 5.73 Å². The highest BCUT2D eigenvalue weighted by molar-refractivity contribution is 4.75. The molecule has 0 aliphatic heterocycles. The monoisotopic (exact) mass is 216 g/mol. The predicted molar refractivity (Wildman–Crippen MR) is 66.1 cm³/mol. The Morgan fingerprint density at radius 2 is 2.00 bits per heavy atom. The molecule has 0 spiro atoms. The molecule has 0 aliphatic carbocycles. The van der Waals surface area contributed by atoms with Crippen LogP contribution in [0.4, 0.5) is 0 Å². The van der Waals surface area contributed by atoms with Crippen LogP contribution in [0.15, 0.2) is 0 Å². The first-order valence-corrected chi connectivity index (χ1v) is 6.12. The highest BCUT2D eigenvalue weighted by atomic mass is 16.5. The van der Waals surface area contributed by atoms with Gasteiger partial charge in [0, 0.05) is 32.3 Å². The summed E-state index contributed by atoms with van der Waals surface area (Å²) in [6.07, 6.45) is 3.71. The zero-order valence-electron chi connectivity index (χ0n) is 10.8. The van der Waals surface area contributed by atoms with E-state index in [0.29, 0.717) is 12.1 Å². The van der Waals surface area contributed by atoms with Gasteiger partial charge < -0.3 is 10.5 Å². The third-order valence-corrected chi connectivity index (χ3v) is 2.85. The van der Waals surface area contributed by atoms with E-state index in [-0.39, 0.29) is 0 Å². The number of hydrogen-bond acceptors (Lipinski definition) is 3. The highest BCUT2D eigenvalue weighted by Gasteiger charge is 2.18. The minimum Gasteiger partial charge on any atom is -0.383 e. The Balaban J connectivity index is 4.13. The number of unbranched alkanes of at least 4 members (excludes halogenated alkanes) is 1. The fourth-order valence-electron chi connectivity index (χ4n) is 1.92. The van der Waals surface area contributed by atoms with Gasteiger partial charge in [-0.05, 0) is 20.3 Å². The molecule has 0 bridgehead atoms. The first-order chi connectivity index (χ1) is 7.17. The molecule has 0 heterocycles. The maximum absolute atomic E-state index is 5.84. The molecule has 1 atom stereocenters. The van der Waals surface area contributed by atoms with Crippen molar-refractivity contribution in [3.63, 3.8) is 0 Å². The molecule has 0 rings (SSSR count). The van der Waals surface area contributed by atoms with Crippen LogP contribution in [-0.2, 0) is 4.74 Å². The second kappa shape index (κ2) is 9.13. The lowest BCUT2D eigenvalue weighted by molar-refractivity contribution is 0.0935. The van der Waals surface area contributed by atoms with Crippen LogP contribution in [0.1, 0.15) is 40.0 Å². The van der Waals surface area contributed by atoms with Gasteiger partial charge in [-0.1, -0.05) is 19.8 Å². The number of nitrogens with two attached hydrogens (primary N) is 1. The molecule has 0 saturated heterocycles. The molecule has 92 valence electrons. The Kier molecular flexibility index (Phi) is 9.06. The first-order valence-electron chi connectivity index (χ1n) is 6.12. The summed E-state index contributed by atoms with van der Waals surface area (Å²) in [5.41, 5.74) is 5.84. The van der Waals surface area contributed by atoms with Crippen molar-refractivity contribution in [1.29, 1.82) is 0 Å². The Labute approximate surface area is 95.0 Å². The van der Waals surface area contributed by atoms with Gasteiger partial charge in [-0.15, -0.1) is 0 Å². The average Bonchev–Trinajstić information content (AvgIpc) is 2.22. The quantitative estimate of drug-likeness (QED) is 0.639. The van der Waals surface area contributed by atoms with E-state index in [1.165, 1.54) is 19.3 Å². The van der Waals surface area contributed by atoms with Gasteiger partial charge in [0.05, 0.1) is 6.61 Å². The van der Waals surface area contributed by atoms with Crippen molar-refractivity contribution in [1.82, 2.24) is 4.90 Å². The third kappa shape index (κ3) is 6.13. The van der Waals surface area contributed by atoms with Gasteiger partial charge in [0.15, 0.2) is 0 Å². The van der Waals surface area contributed by atoms with Gasteiger partial charge in [0.1, 0.15) is 0 Å². The molecule has 0 aromatic carbocycles. The molecule has 0 aliphatic rings. The van der Waals surface area contributed by atoms with Crippen molar-refractivity contribution in [3.05, 3.63) is 0 Å². The third-order valence-electron chi connectivity index (χ3n) is 2.85. The predicted octanol–water partition coefficient (Wildman–Crippen LogP) is 1.86. The van der Waals surface area contributed by atoms with Crippen molar-refractivity contribution in [2.45, 2.75) is 52.1 Å². The largest absolute Gasteiger partial charge is 0.383 e. The van der Waals surface area contributed by atoms with Crippen LogP contribution in [-0.4, -0.2) is 43.8 Å². The van der Waals surface area contributed by atoms with E-state index in [4.69, 9.17) is 10.5 Å². The molecule has 0 amide bonds. The molecular weight excluding hydrogens is 188 g/mol. The summed E-state index contributed by atoms with van der Waals surface area (Å²) in [4.78, 5) is 2.46. The van der Waals surface area contributed by atoms with Crippen molar-refractivity contribution in [2.75, 3.05) is 26.8 Å². The van der Waals surface area contributed by atoms with E-state index in [1.54, 1.807) is 7.11 Å². The van der Waals surface area contributed by atoms with E-state index in [0.717, 1.165) is 19.7 Å². The number of methoxy groups -OCH3 is 1. The summed E-state index contributed by atoms with van der Waals surface area (Å²) in [7, 11) is 1.75. The van der Waals surface area contributed by atoms with E-state index in [9.17, 15) is 0 Å². The van der Waals surface area contributed by atoms with Crippen LogP contribution in [0.3, 0.4) is 0 Å². The Bertz CT molecular complexity index is 140. The van der Waals surface area contributed by atoms with Crippen molar-refractivity contribution in [3.8, 4) is 0 Å². The van der Waals surface area contributed by atoms with Crippen LogP contribution in [0.25, 0.3) is 0 Å². The van der Waals surface area contributed by atoms with Crippen LogP contribution >= 0.6 is 0 Å². The van der Waals surface area contributed by atoms with E-state index in [1.807, 2.05) is 0 Å². The molecule has 0 radical (unpaired) electrons. The number of rotatable bonds is 9. The topological polar surface area (TPSA) is 38.5 Å². The summed E-state index contributed by atoms with van der Waals surface area (Å²) in [6, 6.07) is 1.06. The molecule has 0 aromatic rings. The molecular formula is C12H28N2O. The second-order valence-corrected chi connectivity index (χ2v) is 4.36. The van der Waals surface area contributed by atoms with Crippen LogP contribution in [0.5, 0.6) is 0 Å². The van der Waals surface area contributed by atoms with Gasteiger partial charge in [-0.2, -0.15) is 0 Å². The molecule has 3 nitrogen and oxygen atoms in total. The van der Waals surface area contributed by atoms with E-state index >= 15 is 0 Å². The van der Waals surface area contributed by atoms with Crippen LogP contribution in [0.2, 0.25) is 0 Å². The molecule has 2 N–H and O–H groups in total. The van der Waals surface area contributed by atoms with Gasteiger partial charge in [-0.3, -0.25) is 4.90 Å². The number of ether oxygens (including phenoxy) is 1. The minimum absolute atomic E-state index is 0.514. The highest BCUT2D eigenvalue weighted by Crippen LogP contribution is 2.11. The molecule has 15 heavy (non-hydrogen) atoms. The SMILES string of the molecule is CCCCC(CN)N(CCOC)C(C)C. The lowest BCUT2D eigenvalue weighted by Crippen LogP contribution is -2.46. The van der Waals surface area contributed by atoms with Crippen molar-refractivity contribution >= 4 is 0 Å². The van der Waals surface area contributed by atoms with E-state index in [2.05, 4.69) is 25.7 Å². The minimum atomic E-state index is 0.514. The van der Waals surface area contributed by atoms with Gasteiger partial charge in [0.2, 0.25) is 0 Å². The summed E-state index contributed by atoms with van der Waals surface area (Å²) in [5.74, 6) is 0. The fourth-order valence-corrected chi connectivity index (χ4v) is 1.92. The van der Waals surface area contributed by atoms with E-state index < -0.39 is 0 Å². The molecule has 0 aromatic heterocycles.